The summed E-state index contributed by atoms with van der Waals surface area (Å²) in [6.45, 7) is 0.694. The zero-order chi connectivity index (χ0) is 32.4. The van der Waals surface area contributed by atoms with Crippen molar-refractivity contribution in [3.63, 3.8) is 0 Å². The summed E-state index contributed by atoms with van der Waals surface area (Å²) in [6, 6.07) is 33.1. The average molecular weight is 640 g/mol. The Balaban J connectivity index is 1.34. The number of rotatable bonds is 16. The van der Waals surface area contributed by atoms with E-state index in [1.165, 1.54) is 0 Å². The lowest BCUT2D eigenvalue weighted by Crippen LogP contribution is -2.50. The predicted octanol–water partition coefficient (Wildman–Crippen LogP) is 5.07. The van der Waals surface area contributed by atoms with E-state index in [0.29, 0.717) is 31.6 Å². The van der Waals surface area contributed by atoms with E-state index in [9.17, 15) is 18.0 Å². The molecular weight excluding hydrogens is 598 g/mol. The molecule has 46 heavy (non-hydrogen) atoms. The number of aryl methyl sites for hydroxylation is 1. The molecule has 9 heteroatoms. The van der Waals surface area contributed by atoms with Gasteiger partial charge in [0.2, 0.25) is 21.8 Å². The molecule has 1 unspecified atom stereocenters. The predicted molar refractivity (Wildman–Crippen MR) is 179 cm³/mol. The minimum atomic E-state index is -3.55. The first-order valence-corrected chi connectivity index (χ1v) is 17.2. The lowest BCUT2D eigenvalue weighted by atomic mass is 10.0. The van der Waals surface area contributed by atoms with Crippen LogP contribution in [0.4, 0.5) is 0 Å². The van der Waals surface area contributed by atoms with Gasteiger partial charge in [0.05, 0.1) is 12.0 Å². The first-order chi connectivity index (χ1) is 22.3. The minimum absolute atomic E-state index is 0.0263. The fraction of sp³-hybridized carbons (Fsp3) is 0.297. The van der Waals surface area contributed by atoms with E-state index < -0.39 is 16.1 Å². The van der Waals surface area contributed by atoms with Gasteiger partial charge < -0.3 is 15.0 Å². The number of nitrogens with one attached hydrogen (secondary N) is 2. The van der Waals surface area contributed by atoms with Crippen molar-refractivity contribution in [1.82, 2.24) is 14.9 Å². The Morgan fingerprint density at radius 2 is 1.37 bits per heavy atom. The Morgan fingerprint density at radius 1 is 0.783 bits per heavy atom. The number of methoxy groups -OCH3 is 1. The van der Waals surface area contributed by atoms with Crippen molar-refractivity contribution in [3.05, 3.63) is 131 Å². The lowest BCUT2D eigenvalue weighted by molar-refractivity contribution is -0.141. The Hall–Kier alpha value is -4.47. The molecule has 0 aromatic heterocycles. The molecule has 0 radical (unpaired) electrons. The van der Waals surface area contributed by atoms with E-state index in [2.05, 4.69) is 10.0 Å². The van der Waals surface area contributed by atoms with Crippen molar-refractivity contribution in [2.45, 2.75) is 62.0 Å². The first kappa shape index (κ1) is 32.9. The molecule has 0 saturated heterocycles. The van der Waals surface area contributed by atoms with E-state index in [0.717, 1.165) is 35.1 Å². The molecule has 1 atom stereocenters. The molecule has 8 nitrogen and oxygen atoms in total. The number of carbonyl (C=O) groups excluding carboxylic acids is 2. The minimum Gasteiger partial charge on any atom is -0.497 e. The van der Waals surface area contributed by atoms with Gasteiger partial charge in [0.15, 0.2) is 0 Å². The second kappa shape index (κ2) is 15.7. The number of hydrogen-bond acceptors (Lipinski definition) is 5. The van der Waals surface area contributed by atoms with Crippen LogP contribution in [0, 0.1) is 0 Å². The summed E-state index contributed by atoms with van der Waals surface area (Å²) in [7, 11) is -1.95. The van der Waals surface area contributed by atoms with Crippen LogP contribution in [0.25, 0.3) is 0 Å². The monoisotopic (exact) mass is 639 g/mol. The Morgan fingerprint density at radius 3 is 1.98 bits per heavy atom. The van der Waals surface area contributed by atoms with Crippen LogP contribution in [0.5, 0.6) is 5.75 Å². The molecule has 5 rings (SSSR count). The van der Waals surface area contributed by atoms with E-state index in [1.807, 2.05) is 84.9 Å². The fourth-order valence-electron chi connectivity index (χ4n) is 5.29. The third-order valence-electron chi connectivity index (χ3n) is 8.10. The van der Waals surface area contributed by atoms with Crippen LogP contribution in [0.3, 0.4) is 0 Å². The molecule has 4 aromatic carbocycles. The van der Waals surface area contributed by atoms with Gasteiger partial charge in [-0.1, -0.05) is 84.9 Å². The molecule has 2 N–H and O–H groups in total. The van der Waals surface area contributed by atoms with Gasteiger partial charge in [-0.2, -0.15) is 0 Å². The third-order valence-corrected chi connectivity index (χ3v) is 9.64. The van der Waals surface area contributed by atoms with Crippen molar-refractivity contribution in [3.8, 4) is 5.75 Å². The summed E-state index contributed by atoms with van der Waals surface area (Å²) in [5.41, 5.74) is 3.79. The van der Waals surface area contributed by atoms with E-state index >= 15 is 0 Å². The zero-order valence-corrected chi connectivity index (χ0v) is 26.9. The lowest BCUT2D eigenvalue weighted by Gasteiger charge is -2.32. The second-order valence-electron chi connectivity index (χ2n) is 11.6. The van der Waals surface area contributed by atoms with Crippen LogP contribution < -0.4 is 14.8 Å². The summed E-state index contributed by atoms with van der Waals surface area (Å²) in [4.78, 5) is 29.8. The maximum Gasteiger partial charge on any atom is 0.243 e. The Bertz CT molecular complexity index is 1670. The van der Waals surface area contributed by atoms with Crippen molar-refractivity contribution >= 4 is 21.8 Å². The number of carbonyl (C=O) groups is 2. The van der Waals surface area contributed by atoms with Crippen LogP contribution in [0.1, 0.15) is 41.5 Å². The average Bonchev–Trinajstić information content (AvgIpc) is 3.90. The smallest absolute Gasteiger partial charge is 0.243 e. The summed E-state index contributed by atoms with van der Waals surface area (Å²) in [6.07, 6.45) is 3.33. The highest BCUT2D eigenvalue weighted by Crippen LogP contribution is 2.23. The SMILES string of the molecule is COc1ccc(CN(C(=O)CCc2ccc(S(=O)(=O)NC3CC3)cc2)C(Cc2ccccc2)C(=O)NCCc2ccccc2)cc1. The van der Waals surface area contributed by atoms with Gasteiger partial charge in [0, 0.05) is 32.0 Å². The fourth-order valence-corrected chi connectivity index (χ4v) is 6.60. The number of amides is 2. The molecule has 0 bridgehead atoms. The van der Waals surface area contributed by atoms with E-state index in [-0.39, 0.29) is 35.7 Å². The van der Waals surface area contributed by atoms with Crippen molar-refractivity contribution in [2.75, 3.05) is 13.7 Å². The summed E-state index contributed by atoms with van der Waals surface area (Å²) in [5, 5.41) is 3.09. The molecule has 2 amide bonds. The van der Waals surface area contributed by atoms with E-state index in [4.69, 9.17) is 4.74 Å². The normalized spacial score (nSPS) is 13.5. The molecule has 0 spiro atoms. The molecule has 1 saturated carbocycles. The highest BCUT2D eigenvalue weighted by atomic mass is 32.2. The summed E-state index contributed by atoms with van der Waals surface area (Å²) in [5.74, 6) is 0.334. The quantitative estimate of drug-likeness (QED) is 0.178. The van der Waals surface area contributed by atoms with Crippen LogP contribution in [-0.4, -0.2) is 50.9 Å². The number of benzene rings is 4. The van der Waals surface area contributed by atoms with Gasteiger partial charge in [-0.3, -0.25) is 9.59 Å². The standard InChI is InChI=1S/C37H41N3O5S/c1-45-33-19-12-31(13-20-33)27-40(36(41)23-16-29-14-21-34(22-15-29)46(43,44)39-32-17-18-32)35(26-30-10-6-3-7-11-30)37(42)38-25-24-28-8-4-2-5-9-28/h2-15,19-22,32,35,39H,16-18,23-27H2,1H3,(H,38,42). The van der Waals surface area contributed by atoms with Gasteiger partial charge in [-0.15, -0.1) is 0 Å². The maximum absolute atomic E-state index is 14.0. The zero-order valence-electron chi connectivity index (χ0n) is 26.1. The first-order valence-electron chi connectivity index (χ1n) is 15.7. The maximum atomic E-state index is 14.0. The summed E-state index contributed by atoms with van der Waals surface area (Å²) >= 11 is 0. The summed E-state index contributed by atoms with van der Waals surface area (Å²) < 4.78 is 33.2. The number of ether oxygens (including phenoxy) is 1. The number of nitrogens with zero attached hydrogens (tertiary/aromatic N) is 1. The largest absolute Gasteiger partial charge is 0.497 e. The molecule has 1 aliphatic rings. The number of sulfonamides is 1. The Labute approximate surface area is 271 Å². The van der Waals surface area contributed by atoms with Crippen LogP contribution in [-0.2, 0) is 45.4 Å². The molecular formula is C37H41N3O5S. The molecule has 240 valence electrons. The highest BCUT2D eigenvalue weighted by Gasteiger charge is 2.31. The molecule has 0 aliphatic heterocycles. The van der Waals surface area contributed by atoms with Gasteiger partial charge in [0.1, 0.15) is 11.8 Å². The highest BCUT2D eigenvalue weighted by molar-refractivity contribution is 7.89. The van der Waals surface area contributed by atoms with Crippen LogP contribution in [0.15, 0.2) is 114 Å². The molecule has 1 fully saturated rings. The molecule has 1 aliphatic carbocycles. The van der Waals surface area contributed by atoms with Crippen LogP contribution >= 0.6 is 0 Å². The Kier molecular flexibility index (Phi) is 11.2. The van der Waals surface area contributed by atoms with Crippen LogP contribution in [0.2, 0.25) is 0 Å². The number of hydrogen-bond donors (Lipinski definition) is 2. The van der Waals surface area contributed by atoms with E-state index in [1.54, 1.807) is 36.3 Å². The van der Waals surface area contributed by atoms with Gasteiger partial charge in [-0.05, 0) is 72.2 Å². The van der Waals surface area contributed by atoms with Gasteiger partial charge in [-0.25, -0.2) is 13.1 Å². The van der Waals surface area contributed by atoms with Gasteiger partial charge in [0.25, 0.3) is 0 Å². The molecule has 0 heterocycles. The topological polar surface area (TPSA) is 105 Å². The second-order valence-corrected chi connectivity index (χ2v) is 13.4. The van der Waals surface area contributed by atoms with Crippen molar-refractivity contribution in [2.24, 2.45) is 0 Å². The van der Waals surface area contributed by atoms with Gasteiger partial charge >= 0.3 is 0 Å². The molecule has 4 aromatic rings. The van der Waals surface area contributed by atoms with Crippen molar-refractivity contribution < 1.29 is 22.7 Å². The van der Waals surface area contributed by atoms with Crippen molar-refractivity contribution in [1.29, 1.82) is 0 Å². The third kappa shape index (κ3) is 9.52.